The number of pyridine rings is 1. The van der Waals surface area contributed by atoms with Gasteiger partial charge in [-0.05, 0) is 36.7 Å². The van der Waals surface area contributed by atoms with Crippen molar-refractivity contribution in [2.24, 2.45) is 16.7 Å². The second kappa shape index (κ2) is 4.42. The Morgan fingerprint density at radius 1 is 1.48 bits per heavy atom. The standard InChI is InChI=1S/C16H20FNO3/c1-15(2)9-4-5-16(15,3)12(6-9)21-13-11(14(19)20)7-10(17)8-18-13/h7-9,12H,4-6H2,1-3H3,(H,19,20). The average Bonchev–Trinajstić information content (AvgIpc) is 2.73. The predicted octanol–water partition coefficient (Wildman–Crippen LogP) is 3.51. The van der Waals surface area contributed by atoms with Crippen LogP contribution in [0.2, 0.25) is 0 Å². The average molecular weight is 293 g/mol. The molecule has 0 aromatic carbocycles. The quantitative estimate of drug-likeness (QED) is 0.926. The van der Waals surface area contributed by atoms with Crippen LogP contribution in [0, 0.1) is 22.6 Å². The van der Waals surface area contributed by atoms with E-state index in [4.69, 9.17) is 4.74 Å². The first-order chi connectivity index (χ1) is 9.75. The van der Waals surface area contributed by atoms with E-state index in [1.54, 1.807) is 0 Å². The second-order valence-electron chi connectivity index (χ2n) is 7.03. The Kier molecular flexibility index (Phi) is 3.01. The smallest absolute Gasteiger partial charge is 0.341 e. The van der Waals surface area contributed by atoms with E-state index in [0.29, 0.717) is 5.92 Å². The van der Waals surface area contributed by atoms with Crippen molar-refractivity contribution in [1.29, 1.82) is 0 Å². The monoisotopic (exact) mass is 293 g/mol. The zero-order valence-corrected chi connectivity index (χ0v) is 12.5. The van der Waals surface area contributed by atoms with Crippen LogP contribution in [0.1, 0.15) is 50.4 Å². The highest BCUT2D eigenvalue weighted by Crippen LogP contribution is 2.66. The number of carboxylic acid groups (broad SMARTS) is 1. The summed E-state index contributed by atoms with van der Waals surface area (Å²) in [5.74, 6) is -1.27. The molecule has 3 unspecified atom stereocenters. The van der Waals surface area contributed by atoms with E-state index in [2.05, 4.69) is 25.8 Å². The number of halogens is 1. The van der Waals surface area contributed by atoms with E-state index in [1.807, 2.05) is 0 Å². The van der Waals surface area contributed by atoms with Crippen LogP contribution in [-0.2, 0) is 0 Å². The number of nitrogens with zero attached hydrogens (tertiary/aromatic N) is 1. The lowest BCUT2D eigenvalue weighted by Gasteiger charge is -2.38. The van der Waals surface area contributed by atoms with Crippen molar-refractivity contribution in [3.8, 4) is 5.88 Å². The Bertz CT molecular complexity index is 601. The topological polar surface area (TPSA) is 59.4 Å². The lowest BCUT2D eigenvalue weighted by Crippen LogP contribution is -2.39. The van der Waals surface area contributed by atoms with Gasteiger partial charge in [0.25, 0.3) is 0 Å². The third kappa shape index (κ3) is 1.93. The van der Waals surface area contributed by atoms with E-state index in [-0.39, 0.29) is 28.4 Å². The van der Waals surface area contributed by atoms with Gasteiger partial charge in [-0.15, -0.1) is 0 Å². The maximum absolute atomic E-state index is 13.2. The van der Waals surface area contributed by atoms with Crippen molar-refractivity contribution in [3.05, 3.63) is 23.6 Å². The molecule has 5 heteroatoms. The lowest BCUT2D eigenvalue weighted by atomic mass is 9.70. The van der Waals surface area contributed by atoms with Gasteiger partial charge in [0, 0.05) is 5.41 Å². The summed E-state index contributed by atoms with van der Waals surface area (Å²) in [6.07, 6.45) is 4.09. The molecule has 2 bridgehead atoms. The maximum atomic E-state index is 13.2. The van der Waals surface area contributed by atoms with E-state index < -0.39 is 11.8 Å². The summed E-state index contributed by atoms with van der Waals surface area (Å²) >= 11 is 0. The molecule has 1 aromatic rings. The van der Waals surface area contributed by atoms with Gasteiger partial charge in [0.15, 0.2) is 0 Å². The molecule has 1 heterocycles. The summed E-state index contributed by atoms with van der Waals surface area (Å²) in [7, 11) is 0. The van der Waals surface area contributed by atoms with Crippen LogP contribution in [0.3, 0.4) is 0 Å². The summed E-state index contributed by atoms with van der Waals surface area (Å²) in [5, 5.41) is 9.18. The number of fused-ring (bicyclic) bond motifs is 2. The number of hydrogen-bond acceptors (Lipinski definition) is 3. The van der Waals surface area contributed by atoms with E-state index in [1.165, 1.54) is 6.42 Å². The highest BCUT2D eigenvalue weighted by molar-refractivity contribution is 5.90. The van der Waals surface area contributed by atoms with Crippen LogP contribution in [0.5, 0.6) is 5.88 Å². The fourth-order valence-corrected chi connectivity index (χ4v) is 4.12. The van der Waals surface area contributed by atoms with Crippen molar-refractivity contribution >= 4 is 5.97 Å². The molecular weight excluding hydrogens is 273 g/mol. The Balaban J connectivity index is 1.91. The van der Waals surface area contributed by atoms with E-state index in [9.17, 15) is 14.3 Å². The predicted molar refractivity (Wildman–Crippen MR) is 74.8 cm³/mol. The number of hydrogen-bond donors (Lipinski definition) is 1. The van der Waals surface area contributed by atoms with Gasteiger partial charge in [-0.2, -0.15) is 0 Å². The first-order valence-corrected chi connectivity index (χ1v) is 7.31. The zero-order valence-electron chi connectivity index (χ0n) is 12.5. The van der Waals surface area contributed by atoms with Crippen LogP contribution < -0.4 is 4.74 Å². The molecular formula is C16H20FNO3. The molecule has 4 nitrogen and oxygen atoms in total. The van der Waals surface area contributed by atoms with Gasteiger partial charge in [-0.3, -0.25) is 0 Å². The Morgan fingerprint density at radius 2 is 2.19 bits per heavy atom. The minimum atomic E-state index is -1.22. The van der Waals surface area contributed by atoms with Gasteiger partial charge >= 0.3 is 5.97 Å². The summed E-state index contributed by atoms with van der Waals surface area (Å²) in [6, 6.07) is 0.964. The fourth-order valence-electron chi connectivity index (χ4n) is 4.12. The maximum Gasteiger partial charge on any atom is 0.341 e. The molecule has 2 saturated carbocycles. The van der Waals surface area contributed by atoms with Crippen molar-refractivity contribution in [2.45, 2.75) is 46.1 Å². The van der Waals surface area contributed by atoms with Crippen molar-refractivity contribution in [2.75, 3.05) is 0 Å². The molecule has 0 radical (unpaired) electrons. The van der Waals surface area contributed by atoms with Crippen molar-refractivity contribution < 1.29 is 19.0 Å². The third-order valence-corrected chi connectivity index (χ3v) is 6.02. The molecule has 0 spiro atoms. The summed E-state index contributed by atoms with van der Waals surface area (Å²) in [6.45, 7) is 6.71. The van der Waals surface area contributed by atoms with Crippen LogP contribution in [-0.4, -0.2) is 22.2 Å². The molecule has 1 aromatic heterocycles. The molecule has 1 N–H and O–H groups in total. The van der Waals surface area contributed by atoms with Crippen LogP contribution in [0.4, 0.5) is 4.39 Å². The van der Waals surface area contributed by atoms with Gasteiger partial charge in [0.1, 0.15) is 17.5 Å². The molecule has 114 valence electrons. The third-order valence-electron chi connectivity index (χ3n) is 6.02. The zero-order chi connectivity index (χ0) is 15.4. The molecule has 21 heavy (non-hydrogen) atoms. The normalized spacial score (nSPS) is 33.1. The largest absolute Gasteiger partial charge is 0.477 e. The highest BCUT2D eigenvalue weighted by Gasteiger charge is 2.62. The van der Waals surface area contributed by atoms with Gasteiger partial charge < -0.3 is 9.84 Å². The number of aromatic nitrogens is 1. The highest BCUT2D eigenvalue weighted by atomic mass is 19.1. The number of rotatable bonds is 3. The molecule has 0 saturated heterocycles. The van der Waals surface area contributed by atoms with Crippen LogP contribution in [0.15, 0.2) is 12.3 Å². The Morgan fingerprint density at radius 3 is 2.71 bits per heavy atom. The minimum absolute atomic E-state index is 0.00348. The lowest BCUT2D eigenvalue weighted by molar-refractivity contribution is 0.0258. The van der Waals surface area contributed by atoms with E-state index >= 15 is 0 Å². The Labute approximate surface area is 123 Å². The van der Waals surface area contributed by atoms with Gasteiger partial charge in [-0.25, -0.2) is 14.2 Å². The molecule has 2 aliphatic rings. The van der Waals surface area contributed by atoms with Crippen LogP contribution >= 0.6 is 0 Å². The molecule has 3 rings (SSSR count). The van der Waals surface area contributed by atoms with Crippen molar-refractivity contribution in [3.63, 3.8) is 0 Å². The SMILES string of the molecule is CC1(C)C2CCC1(C)C(Oc1ncc(F)cc1C(=O)O)C2. The molecule has 0 amide bonds. The van der Waals surface area contributed by atoms with Crippen molar-refractivity contribution in [1.82, 2.24) is 4.98 Å². The molecule has 2 fully saturated rings. The summed E-state index contributed by atoms with van der Waals surface area (Å²) < 4.78 is 19.1. The summed E-state index contributed by atoms with van der Waals surface area (Å²) in [5.41, 5.74) is -0.0379. The number of carboxylic acids is 1. The first kappa shape index (κ1) is 14.3. The van der Waals surface area contributed by atoms with Gasteiger partial charge in [-0.1, -0.05) is 20.8 Å². The van der Waals surface area contributed by atoms with Gasteiger partial charge in [0.05, 0.1) is 6.20 Å². The first-order valence-electron chi connectivity index (χ1n) is 7.31. The van der Waals surface area contributed by atoms with Crippen LogP contribution in [0.25, 0.3) is 0 Å². The molecule has 3 atom stereocenters. The van der Waals surface area contributed by atoms with E-state index in [0.717, 1.165) is 25.1 Å². The fraction of sp³-hybridized carbons (Fsp3) is 0.625. The number of aromatic carboxylic acids is 1. The van der Waals surface area contributed by atoms with Gasteiger partial charge in [0.2, 0.25) is 5.88 Å². The molecule has 2 aliphatic carbocycles. The second-order valence-corrected chi connectivity index (χ2v) is 7.03. The molecule has 0 aliphatic heterocycles. The number of ether oxygens (including phenoxy) is 1. The summed E-state index contributed by atoms with van der Waals surface area (Å²) in [4.78, 5) is 15.1. The number of carbonyl (C=O) groups is 1. The Hall–Kier alpha value is -1.65. The minimum Gasteiger partial charge on any atom is -0.477 e.